The molecule has 1 aromatic rings. The van der Waals surface area contributed by atoms with Crippen molar-refractivity contribution in [1.29, 1.82) is 0 Å². The minimum absolute atomic E-state index is 0.207. The highest BCUT2D eigenvalue weighted by Gasteiger charge is 2.25. The molecule has 1 aliphatic heterocycles. The summed E-state index contributed by atoms with van der Waals surface area (Å²) in [5.41, 5.74) is 2.95. The molecule has 1 nitrogen and oxygen atoms in total. The van der Waals surface area contributed by atoms with Crippen molar-refractivity contribution >= 4 is 17.4 Å². The van der Waals surface area contributed by atoms with E-state index in [9.17, 15) is 0 Å². The second-order valence-electron chi connectivity index (χ2n) is 5.91. The van der Waals surface area contributed by atoms with Crippen molar-refractivity contribution < 1.29 is 0 Å². The van der Waals surface area contributed by atoms with Crippen LogP contribution in [0.5, 0.6) is 0 Å². The molecule has 2 unspecified atom stereocenters. The summed E-state index contributed by atoms with van der Waals surface area (Å²) in [6, 6.07) is 9.36. The average Bonchev–Trinajstić information content (AvgIpc) is 2.64. The van der Waals surface area contributed by atoms with Gasteiger partial charge in [-0.2, -0.15) is 11.8 Å². The fourth-order valence-electron chi connectivity index (χ4n) is 2.38. The molecule has 1 heterocycles. The molecule has 94 valence electrons. The zero-order valence-corrected chi connectivity index (χ0v) is 12.1. The van der Waals surface area contributed by atoms with Crippen molar-refractivity contribution in [1.82, 2.24) is 0 Å². The number of hydrogen-bond acceptors (Lipinski definition) is 2. The van der Waals surface area contributed by atoms with Crippen LogP contribution in [0.3, 0.4) is 0 Å². The lowest BCUT2D eigenvalue weighted by Crippen LogP contribution is -2.26. The predicted octanol–water partition coefficient (Wildman–Crippen LogP) is 4.29. The Morgan fingerprint density at radius 3 is 2.53 bits per heavy atom. The normalized spacial score (nSPS) is 24.9. The third kappa shape index (κ3) is 2.98. The number of thioether (sulfide) groups is 1. The summed E-state index contributed by atoms with van der Waals surface area (Å²) in [6.07, 6.45) is 1.28. The topological polar surface area (TPSA) is 12.0 Å². The Hall–Kier alpha value is -0.630. The van der Waals surface area contributed by atoms with E-state index in [1.165, 1.54) is 23.4 Å². The van der Waals surface area contributed by atoms with E-state index in [4.69, 9.17) is 0 Å². The molecule has 0 radical (unpaired) electrons. The maximum absolute atomic E-state index is 3.74. The van der Waals surface area contributed by atoms with Crippen LogP contribution in [0.4, 0.5) is 5.69 Å². The summed E-state index contributed by atoms with van der Waals surface area (Å²) in [7, 11) is 0. The van der Waals surface area contributed by atoms with Crippen LogP contribution in [-0.2, 0) is 5.41 Å². The Labute approximate surface area is 109 Å². The first-order chi connectivity index (χ1) is 7.98. The van der Waals surface area contributed by atoms with Gasteiger partial charge in [-0.05, 0) is 29.2 Å². The number of benzene rings is 1. The fraction of sp³-hybridized carbons (Fsp3) is 0.600. The Morgan fingerprint density at radius 1 is 1.24 bits per heavy atom. The first-order valence-corrected chi connectivity index (χ1v) is 7.51. The highest BCUT2D eigenvalue weighted by atomic mass is 32.2. The average molecular weight is 249 g/mol. The van der Waals surface area contributed by atoms with Crippen molar-refractivity contribution in [3.05, 3.63) is 29.8 Å². The highest BCUT2D eigenvalue weighted by molar-refractivity contribution is 8.00. The largest absolute Gasteiger partial charge is 0.381 e. The Bertz CT molecular complexity index is 381. The standard InChI is InChI=1S/C15H23NS/c1-11-13(9-10-17-11)16-14-8-6-5-7-12(14)15(2,3)4/h5-8,11,13,16H,9-10H2,1-4H3. The lowest BCUT2D eigenvalue weighted by atomic mass is 9.85. The van der Waals surface area contributed by atoms with Gasteiger partial charge in [-0.1, -0.05) is 45.9 Å². The lowest BCUT2D eigenvalue weighted by Gasteiger charge is -2.26. The zero-order valence-electron chi connectivity index (χ0n) is 11.3. The zero-order chi connectivity index (χ0) is 12.5. The third-order valence-corrected chi connectivity index (χ3v) is 4.78. The van der Waals surface area contributed by atoms with Gasteiger partial charge < -0.3 is 5.32 Å². The van der Waals surface area contributed by atoms with E-state index in [-0.39, 0.29) is 5.41 Å². The van der Waals surface area contributed by atoms with E-state index >= 15 is 0 Å². The number of nitrogens with one attached hydrogen (secondary N) is 1. The van der Waals surface area contributed by atoms with E-state index in [2.05, 4.69) is 69.0 Å². The molecule has 0 spiro atoms. The van der Waals surface area contributed by atoms with Gasteiger partial charge in [-0.25, -0.2) is 0 Å². The molecule has 1 saturated heterocycles. The van der Waals surface area contributed by atoms with Crippen LogP contribution >= 0.6 is 11.8 Å². The maximum Gasteiger partial charge on any atom is 0.0385 e. The molecular formula is C15H23NS. The van der Waals surface area contributed by atoms with Crippen LogP contribution in [0.1, 0.15) is 39.7 Å². The second kappa shape index (κ2) is 4.93. The lowest BCUT2D eigenvalue weighted by molar-refractivity contribution is 0.589. The van der Waals surface area contributed by atoms with Crippen molar-refractivity contribution in [2.24, 2.45) is 0 Å². The smallest absolute Gasteiger partial charge is 0.0385 e. The Balaban J connectivity index is 2.21. The maximum atomic E-state index is 3.74. The van der Waals surface area contributed by atoms with E-state index in [1.54, 1.807) is 0 Å². The summed E-state index contributed by atoms with van der Waals surface area (Å²) >= 11 is 2.08. The van der Waals surface area contributed by atoms with Gasteiger partial charge in [-0.15, -0.1) is 0 Å². The molecule has 1 aromatic carbocycles. The van der Waals surface area contributed by atoms with Crippen LogP contribution < -0.4 is 5.32 Å². The SMILES string of the molecule is CC1SCCC1Nc1ccccc1C(C)(C)C. The Morgan fingerprint density at radius 2 is 1.94 bits per heavy atom. The highest BCUT2D eigenvalue weighted by Crippen LogP contribution is 2.33. The molecule has 0 aliphatic carbocycles. The van der Waals surface area contributed by atoms with Gasteiger partial charge in [0.25, 0.3) is 0 Å². The first-order valence-electron chi connectivity index (χ1n) is 6.46. The molecule has 0 bridgehead atoms. The monoisotopic (exact) mass is 249 g/mol. The van der Waals surface area contributed by atoms with Gasteiger partial charge in [0, 0.05) is 17.0 Å². The molecule has 17 heavy (non-hydrogen) atoms. The summed E-state index contributed by atoms with van der Waals surface area (Å²) < 4.78 is 0. The predicted molar refractivity (Wildman–Crippen MR) is 79.1 cm³/mol. The molecule has 0 aromatic heterocycles. The van der Waals surface area contributed by atoms with Crippen molar-refractivity contribution in [3.8, 4) is 0 Å². The van der Waals surface area contributed by atoms with Crippen molar-refractivity contribution in [3.63, 3.8) is 0 Å². The van der Waals surface area contributed by atoms with Crippen LogP contribution in [0.2, 0.25) is 0 Å². The molecule has 1 fully saturated rings. The quantitative estimate of drug-likeness (QED) is 0.839. The van der Waals surface area contributed by atoms with Crippen LogP contribution in [0, 0.1) is 0 Å². The number of rotatable bonds is 2. The van der Waals surface area contributed by atoms with Gasteiger partial charge in [-0.3, -0.25) is 0 Å². The van der Waals surface area contributed by atoms with Gasteiger partial charge in [0.05, 0.1) is 0 Å². The number of anilines is 1. The van der Waals surface area contributed by atoms with Crippen LogP contribution in [0.15, 0.2) is 24.3 Å². The first kappa shape index (κ1) is 12.8. The minimum atomic E-state index is 0.207. The molecule has 2 heteroatoms. The van der Waals surface area contributed by atoms with Crippen molar-refractivity contribution in [2.75, 3.05) is 11.1 Å². The van der Waals surface area contributed by atoms with E-state index in [0.717, 1.165) is 5.25 Å². The Kier molecular flexibility index (Phi) is 3.72. The van der Waals surface area contributed by atoms with E-state index < -0.39 is 0 Å². The van der Waals surface area contributed by atoms with Crippen LogP contribution in [-0.4, -0.2) is 17.0 Å². The van der Waals surface area contributed by atoms with E-state index in [1.807, 2.05) is 0 Å². The van der Waals surface area contributed by atoms with Gasteiger partial charge in [0.1, 0.15) is 0 Å². The van der Waals surface area contributed by atoms with Gasteiger partial charge in [0.15, 0.2) is 0 Å². The van der Waals surface area contributed by atoms with Crippen LogP contribution in [0.25, 0.3) is 0 Å². The number of para-hydroxylation sites is 1. The number of hydrogen-bond donors (Lipinski definition) is 1. The minimum Gasteiger partial charge on any atom is -0.381 e. The molecule has 0 saturated carbocycles. The summed E-state index contributed by atoms with van der Waals surface area (Å²) in [4.78, 5) is 0. The molecule has 2 atom stereocenters. The summed E-state index contributed by atoms with van der Waals surface area (Å²) in [6.45, 7) is 9.16. The van der Waals surface area contributed by atoms with E-state index in [0.29, 0.717) is 6.04 Å². The molecule has 1 N–H and O–H groups in total. The molecule has 1 aliphatic rings. The molecule has 0 amide bonds. The fourth-order valence-corrected chi connectivity index (χ4v) is 3.58. The molecular weight excluding hydrogens is 226 g/mol. The second-order valence-corrected chi connectivity index (χ2v) is 7.40. The third-order valence-electron chi connectivity index (χ3n) is 3.45. The summed E-state index contributed by atoms with van der Waals surface area (Å²) in [5, 5.41) is 4.47. The van der Waals surface area contributed by atoms with Gasteiger partial charge in [0.2, 0.25) is 0 Å². The summed E-state index contributed by atoms with van der Waals surface area (Å²) in [5.74, 6) is 1.29. The molecule has 2 rings (SSSR count). The van der Waals surface area contributed by atoms with Crippen molar-refractivity contribution in [2.45, 2.75) is 50.8 Å². The van der Waals surface area contributed by atoms with Gasteiger partial charge >= 0.3 is 0 Å².